The molecule has 0 aliphatic carbocycles. The maximum atomic E-state index is 5.12. The van der Waals surface area contributed by atoms with Gasteiger partial charge in [-0.05, 0) is 94.5 Å². The van der Waals surface area contributed by atoms with E-state index in [1.807, 2.05) is 0 Å². The molecule has 0 saturated heterocycles. The Morgan fingerprint density at radius 2 is 1.02 bits per heavy atom. The van der Waals surface area contributed by atoms with Gasteiger partial charge >= 0.3 is 0 Å². The van der Waals surface area contributed by atoms with Gasteiger partial charge in [0.2, 0.25) is 0 Å². The highest BCUT2D eigenvalue weighted by Crippen LogP contribution is 2.43. The zero-order valence-electron chi connectivity index (χ0n) is 25.9. The van der Waals surface area contributed by atoms with Gasteiger partial charge < -0.3 is 4.57 Å². The molecule has 10 aromatic rings. The van der Waals surface area contributed by atoms with Crippen LogP contribution in [0, 0.1) is 6.92 Å². The van der Waals surface area contributed by atoms with Crippen LogP contribution >= 0.6 is 0 Å². The fourth-order valence-electron chi connectivity index (χ4n) is 7.69. The first kappa shape index (κ1) is 26.1. The van der Waals surface area contributed by atoms with Crippen molar-refractivity contribution in [1.29, 1.82) is 0 Å². The second-order valence-electron chi connectivity index (χ2n) is 12.5. The van der Waals surface area contributed by atoms with Crippen molar-refractivity contribution in [1.82, 2.24) is 14.1 Å². The summed E-state index contributed by atoms with van der Waals surface area (Å²) in [5.41, 5.74) is 9.10. The topological polar surface area (TPSA) is 22.8 Å². The maximum absolute atomic E-state index is 5.12. The predicted molar refractivity (Wildman–Crippen MR) is 198 cm³/mol. The van der Waals surface area contributed by atoms with Crippen molar-refractivity contribution in [2.45, 2.75) is 6.92 Å². The van der Waals surface area contributed by atoms with Gasteiger partial charge in [-0.3, -0.25) is 4.57 Å². The Morgan fingerprint density at radius 3 is 1.79 bits per heavy atom. The van der Waals surface area contributed by atoms with E-state index in [1.54, 1.807) is 0 Å². The minimum absolute atomic E-state index is 0.935. The lowest BCUT2D eigenvalue weighted by Crippen LogP contribution is -1.98. The number of hydrogen-bond donors (Lipinski definition) is 0. The molecule has 0 radical (unpaired) electrons. The van der Waals surface area contributed by atoms with Crippen LogP contribution in [0.2, 0.25) is 0 Å². The predicted octanol–water partition coefficient (Wildman–Crippen LogP) is 11.6. The van der Waals surface area contributed by atoms with Gasteiger partial charge in [0.25, 0.3) is 0 Å². The number of aryl methyl sites for hydroxylation is 1. The number of fused-ring (bicyclic) bond motifs is 11. The standard InChI is InChI=1S/C44H29N3/c1-28-19-26-40-38(27-28)37-25-24-36-34-15-6-5-13-32(34)33-14-7-8-16-35(33)42(36)43(37)46(40)31-22-20-29(21-23-31)44-45-39-17-9-10-18-41(39)47(44)30-11-3-2-4-12-30/h2-27H,1H3. The summed E-state index contributed by atoms with van der Waals surface area (Å²) in [6.07, 6.45) is 0. The van der Waals surface area contributed by atoms with E-state index >= 15 is 0 Å². The van der Waals surface area contributed by atoms with Crippen LogP contribution in [0.3, 0.4) is 0 Å². The van der Waals surface area contributed by atoms with E-state index in [2.05, 4.69) is 174 Å². The van der Waals surface area contributed by atoms with E-state index in [9.17, 15) is 0 Å². The second kappa shape index (κ2) is 9.90. The highest BCUT2D eigenvalue weighted by molar-refractivity contribution is 6.33. The third-order valence-corrected chi connectivity index (χ3v) is 9.75. The molecule has 0 unspecified atom stereocenters. The fraction of sp³-hybridized carbons (Fsp3) is 0.0227. The first-order valence-corrected chi connectivity index (χ1v) is 16.2. The lowest BCUT2D eigenvalue weighted by atomic mass is 9.93. The number of imidazole rings is 1. The van der Waals surface area contributed by atoms with Crippen molar-refractivity contribution in [2.75, 3.05) is 0 Å². The number of para-hydroxylation sites is 3. The zero-order chi connectivity index (χ0) is 31.1. The summed E-state index contributed by atoms with van der Waals surface area (Å²) in [4.78, 5) is 5.12. The first-order chi connectivity index (χ1) is 23.2. The van der Waals surface area contributed by atoms with Crippen molar-refractivity contribution in [3.8, 4) is 22.8 Å². The van der Waals surface area contributed by atoms with Gasteiger partial charge in [-0.25, -0.2) is 4.98 Å². The molecule has 2 heterocycles. The van der Waals surface area contributed by atoms with Crippen LogP contribution in [0.1, 0.15) is 5.56 Å². The molecular formula is C44H29N3. The molecule has 220 valence electrons. The Kier molecular flexibility index (Phi) is 5.49. The van der Waals surface area contributed by atoms with Crippen molar-refractivity contribution >= 4 is 65.2 Å². The second-order valence-corrected chi connectivity index (χ2v) is 12.5. The van der Waals surface area contributed by atoms with Crippen molar-refractivity contribution in [3.05, 3.63) is 163 Å². The van der Waals surface area contributed by atoms with Crippen LogP contribution < -0.4 is 0 Å². The van der Waals surface area contributed by atoms with Gasteiger partial charge in [-0.2, -0.15) is 0 Å². The van der Waals surface area contributed by atoms with E-state index in [0.29, 0.717) is 0 Å². The van der Waals surface area contributed by atoms with E-state index < -0.39 is 0 Å². The molecule has 3 nitrogen and oxygen atoms in total. The minimum atomic E-state index is 0.935. The molecule has 0 saturated carbocycles. The van der Waals surface area contributed by atoms with Crippen LogP contribution in [0.4, 0.5) is 0 Å². The average Bonchev–Trinajstić information content (AvgIpc) is 3.68. The molecule has 47 heavy (non-hydrogen) atoms. The lowest BCUT2D eigenvalue weighted by Gasteiger charge is -2.15. The highest BCUT2D eigenvalue weighted by Gasteiger charge is 2.20. The molecule has 8 aromatic carbocycles. The summed E-state index contributed by atoms with van der Waals surface area (Å²) in [7, 11) is 0. The molecule has 3 heteroatoms. The molecule has 0 fully saturated rings. The summed E-state index contributed by atoms with van der Waals surface area (Å²) in [6, 6.07) is 57.0. The van der Waals surface area contributed by atoms with E-state index in [-0.39, 0.29) is 0 Å². The first-order valence-electron chi connectivity index (χ1n) is 16.2. The SMILES string of the molecule is Cc1ccc2c(c1)c1ccc3c4ccccc4c4ccccc4c3c1n2-c1ccc(-c2nc3ccccc3n2-c2ccccc2)cc1. The molecule has 0 atom stereocenters. The van der Waals surface area contributed by atoms with Gasteiger partial charge in [0, 0.05) is 33.1 Å². The normalized spacial score (nSPS) is 11.9. The minimum Gasteiger partial charge on any atom is -0.309 e. The van der Waals surface area contributed by atoms with Crippen LogP contribution in [0.15, 0.2) is 158 Å². The lowest BCUT2D eigenvalue weighted by molar-refractivity contribution is 1.10. The summed E-state index contributed by atoms with van der Waals surface area (Å²) >= 11 is 0. The van der Waals surface area contributed by atoms with Crippen LogP contribution in [-0.4, -0.2) is 14.1 Å². The van der Waals surface area contributed by atoms with Gasteiger partial charge in [0.15, 0.2) is 0 Å². The van der Waals surface area contributed by atoms with Gasteiger partial charge in [0.1, 0.15) is 5.82 Å². The monoisotopic (exact) mass is 599 g/mol. The van der Waals surface area contributed by atoms with E-state index in [0.717, 1.165) is 33.8 Å². The largest absolute Gasteiger partial charge is 0.309 e. The molecule has 0 aliphatic heterocycles. The third-order valence-electron chi connectivity index (χ3n) is 9.75. The third kappa shape index (κ3) is 3.77. The molecule has 0 aliphatic rings. The molecular weight excluding hydrogens is 571 g/mol. The number of rotatable bonds is 3. The number of hydrogen-bond acceptors (Lipinski definition) is 1. The molecule has 0 bridgehead atoms. The molecule has 0 amide bonds. The number of nitrogens with zero attached hydrogens (tertiary/aromatic N) is 3. The Balaban J connectivity index is 1.28. The Hall–Kier alpha value is -6.19. The smallest absolute Gasteiger partial charge is 0.145 e. The molecule has 0 N–H and O–H groups in total. The van der Waals surface area contributed by atoms with Gasteiger partial charge in [-0.15, -0.1) is 0 Å². The molecule has 2 aromatic heterocycles. The summed E-state index contributed by atoms with van der Waals surface area (Å²) in [5, 5.41) is 10.2. The number of benzene rings is 8. The number of aromatic nitrogens is 3. The molecule has 10 rings (SSSR count). The van der Waals surface area contributed by atoms with E-state index in [1.165, 1.54) is 59.7 Å². The Labute approximate surface area is 271 Å². The van der Waals surface area contributed by atoms with Crippen molar-refractivity contribution in [3.63, 3.8) is 0 Å². The quantitative estimate of drug-likeness (QED) is 0.185. The van der Waals surface area contributed by atoms with Gasteiger partial charge in [-0.1, -0.05) is 103 Å². The van der Waals surface area contributed by atoms with Crippen LogP contribution in [0.25, 0.3) is 87.9 Å². The van der Waals surface area contributed by atoms with Crippen LogP contribution in [0.5, 0.6) is 0 Å². The van der Waals surface area contributed by atoms with Crippen molar-refractivity contribution < 1.29 is 0 Å². The Bertz CT molecular complexity index is 2800. The zero-order valence-corrected chi connectivity index (χ0v) is 25.9. The van der Waals surface area contributed by atoms with Crippen molar-refractivity contribution in [2.24, 2.45) is 0 Å². The fourth-order valence-corrected chi connectivity index (χ4v) is 7.69. The van der Waals surface area contributed by atoms with E-state index in [4.69, 9.17) is 4.98 Å². The maximum Gasteiger partial charge on any atom is 0.145 e. The summed E-state index contributed by atoms with van der Waals surface area (Å²) in [5.74, 6) is 0.935. The summed E-state index contributed by atoms with van der Waals surface area (Å²) in [6.45, 7) is 2.18. The average molecular weight is 600 g/mol. The highest BCUT2D eigenvalue weighted by atomic mass is 15.1. The van der Waals surface area contributed by atoms with Crippen LogP contribution in [-0.2, 0) is 0 Å². The molecule has 0 spiro atoms. The Morgan fingerprint density at radius 1 is 0.426 bits per heavy atom. The van der Waals surface area contributed by atoms with Gasteiger partial charge in [0.05, 0.1) is 22.1 Å². The summed E-state index contributed by atoms with van der Waals surface area (Å²) < 4.78 is 4.73.